The molecule has 4 aromatic rings. The van der Waals surface area contributed by atoms with E-state index in [4.69, 9.17) is 4.74 Å². The predicted octanol–water partition coefficient (Wildman–Crippen LogP) is 5.03. The van der Waals surface area contributed by atoms with Gasteiger partial charge in [-0.2, -0.15) is 0 Å². The van der Waals surface area contributed by atoms with E-state index in [1.807, 2.05) is 0 Å². The fourth-order valence-corrected chi connectivity index (χ4v) is 8.23. The number of rotatable bonds is 1. The summed E-state index contributed by atoms with van der Waals surface area (Å²) >= 11 is 0. The second-order valence-electron chi connectivity index (χ2n) is 11.5. The first-order chi connectivity index (χ1) is 18.1. The molecule has 2 aromatic carbocycles. The molecule has 4 atom stereocenters. The maximum Gasteiger partial charge on any atom is 0.335 e. The van der Waals surface area contributed by atoms with Gasteiger partial charge >= 0.3 is 5.97 Å². The minimum absolute atomic E-state index is 0.129. The third-order valence-corrected chi connectivity index (χ3v) is 10.0. The Balaban J connectivity index is 1.28. The zero-order chi connectivity index (χ0) is 24.9. The SMILES string of the molecule is COC(=O)C1=CN2CCc3c([nH]c4ccccc34)[C@@]2(C)[C@@H]2CN3CCc4c([nH]c5ccccc45)C3C[C@H]12. The number of ether oxygens (including phenoxy) is 1. The summed E-state index contributed by atoms with van der Waals surface area (Å²) < 4.78 is 5.36. The van der Waals surface area contributed by atoms with Crippen LogP contribution in [0, 0.1) is 11.8 Å². The van der Waals surface area contributed by atoms with Crippen molar-refractivity contribution in [3.05, 3.63) is 82.8 Å². The van der Waals surface area contributed by atoms with E-state index < -0.39 is 0 Å². The van der Waals surface area contributed by atoms with Gasteiger partial charge in [-0.05, 0) is 49.4 Å². The molecule has 6 heteroatoms. The van der Waals surface area contributed by atoms with Crippen molar-refractivity contribution in [1.82, 2.24) is 19.8 Å². The molecule has 0 radical (unpaired) electrons. The molecule has 1 fully saturated rings. The van der Waals surface area contributed by atoms with Crippen molar-refractivity contribution in [2.24, 2.45) is 11.8 Å². The molecule has 8 rings (SSSR count). The minimum atomic E-state index is -0.208. The zero-order valence-corrected chi connectivity index (χ0v) is 21.4. The molecule has 0 spiro atoms. The van der Waals surface area contributed by atoms with E-state index in [-0.39, 0.29) is 29.4 Å². The Kier molecular flexibility index (Phi) is 4.38. The van der Waals surface area contributed by atoms with Gasteiger partial charge in [-0.3, -0.25) is 4.90 Å². The van der Waals surface area contributed by atoms with E-state index in [0.717, 1.165) is 44.5 Å². The van der Waals surface area contributed by atoms with Crippen molar-refractivity contribution in [3.8, 4) is 0 Å². The number of nitrogens with one attached hydrogen (secondary N) is 2. The Morgan fingerprint density at radius 3 is 2.46 bits per heavy atom. The van der Waals surface area contributed by atoms with Gasteiger partial charge < -0.3 is 19.6 Å². The van der Waals surface area contributed by atoms with Crippen molar-refractivity contribution in [1.29, 1.82) is 0 Å². The first-order valence-electron chi connectivity index (χ1n) is 13.6. The normalized spacial score (nSPS) is 28.6. The molecule has 2 aromatic heterocycles. The summed E-state index contributed by atoms with van der Waals surface area (Å²) in [5, 5.41) is 2.69. The van der Waals surface area contributed by atoms with Crippen LogP contribution >= 0.6 is 0 Å². The van der Waals surface area contributed by atoms with Crippen LogP contribution < -0.4 is 0 Å². The van der Waals surface area contributed by atoms with Crippen LogP contribution in [0.3, 0.4) is 0 Å². The van der Waals surface area contributed by atoms with Crippen LogP contribution in [-0.2, 0) is 27.9 Å². The van der Waals surface area contributed by atoms with Crippen LogP contribution in [0.5, 0.6) is 0 Å². The molecule has 6 nitrogen and oxygen atoms in total. The van der Waals surface area contributed by atoms with E-state index in [9.17, 15) is 4.79 Å². The maximum atomic E-state index is 13.2. The van der Waals surface area contributed by atoms with E-state index in [0.29, 0.717) is 0 Å². The first kappa shape index (κ1) is 21.6. The fourth-order valence-electron chi connectivity index (χ4n) is 8.23. The monoisotopic (exact) mass is 492 g/mol. The molecule has 0 saturated carbocycles. The Morgan fingerprint density at radius 1 is 0.973 bits per heavy atom. The van der Waals surface area contributed by atoms with Crippen LogP contribution in [0.15, 0.2) is 60.3 Å². The van der Waals surface area contributed by atoms with Gasteiger partial charge in [0.2, 0.25) is 0 Å². The summed E-state index contributed by atoms with van der Waals surface area (Å²) in [7, 11) is 1.52. The summed E-state index contributed by atoms with van der Waals surface area (Å²) in [5.41, 5.74) is 8.64. The smallest absolute Gasteiger partial charge is 0.335 e. The second kappa shape index (κ2) is 7.51. The number of H-pyrrole nitrogens is 2. The third kappa shape index (κ3) is 2.77. The number of aromatic nitrogens is 2. The van der Waals surface area contributed by atoms with Gasteiger partial charge in [0.15, 0.2) is 0 Å². The molecule has 4 aliphatic heterocycles. The quantitative estimate of drug-likeness (QED) is 0.366. The Bertz CT molecular complexity index is 1610. The van der Waals surface area contributed by atoms with Crippen molar-refractivity contribution in [2.75, 3.05) is 26.7 Å². The van der Waals surface area contributed by atoms with Crippen LogP contribution in [-0.4, -0.2) is 52.5 Å². The van der Waals surface area contributed by atoms with Gasteiger partial charge in [-0.1, -0.05) is 36.4 Å². The molecule has 37 heavy (non-hydrogen) atoms. The molecule has 1 saturated heterocycles. The molecule has 1 unspecified atom stereocenters. The number of nitrogens with zero attached hydrogens (tertiary/aromatic N) is 2. The Labute approximate surface area is 216 Å². The lowest BCUT2D eigenvalue weighted by molar-refractivity contribution is -0.139. The van der Waals surface area contributed by atoms with Gasteiger partial charge in [-0.25, -0.2) is 4.79 Å². The fraction of sp³-hybridized carbons (Fsp3) is 0.387. The van der Waals surface area contributed by atoms with Gasteiger partial charge in [0, 0.05) is 70.9 Å². The molecule has 0 amide bonds. The highest BCUT2D eigenvalue weighted by Gasteiger charge is 2.56. The van der Waals surface area contributed by atoms with Crippen molar-refractivity contribution in [2.45, 2.75) is 37.8 Å². The van der Waals surface area contributed by atoms with E-state index >= 15 is 0 Å². The number of carbonyl (C=O) groups excluding carboxylic acids is 1. The number of para-hydroxylation sites is 2. The van der Waals surface area contributed by atoms with E-state index in [1.165, 1.54) is 51.4 Å². The second-order valence-corrected chi connectivity index (χ2v) is 11.5. The largest absolute Gasteiger partial charge is 0.466 e. The highest BCUT2D eigenvalue weighted by molar-refractivity contribution is 5.90. The van der Waals surface area contributed by atoms with Crippen LogP contribution in [0.4, 0.5) is 0 Å². The van der Waals surface area contributed by atoms with E-state index in [2.05, 4.69) is 81.4 Å². The van der Waals surface area contributed by atoms with Crippen LogP contribution in [0.2, 0.25) is 0 Å². The summed E-state index contributed by atoms with van der Waals surface area (Å²) in [6.45, 7) is 5.32. The van der Waals surface area contributed by atoms with Crippen molar-refractivity contribution in [3.63, 3.8) is 0 Å². The molecule has 4 aliphatic rings. The molecule has 2 N–H and O–H groups in total. The number of aromatic amines is 2. The number of carbonyl (C=O) groups is 1. The number of hydrogen-bond donors (Lipinski definition) is 2. The van der Waals surface area contributed by atoms with Crippen LogP contribution in [0.1, 0.15) is 41.9 Å². The predicted molar refractivity (Wildman–Crippen MR) is 144 cm³/mol. The molecule has 6 heterocycles. The topological polar surface area (TPSA) is 64.4 Å². The average Bonchev–Trinajstić information content (AvgIpc) is 3.51. The number of methoxy groups -OCH3 is 1. The molecule has 0 bridgehead atoms. The highest BCUT2D eigenvalue weighted by Crippen LogP contribution is 2.56. The number of piperidine rings is 1. The van der Waals surface area contributed by atoms with Crippen LogP contribution in [0.25, 0.3) is 21.8 Å². The van der Waals surface area contributed by atoms with Gasteiger partial charge in [0.25, 0.3) is 0 Å². The summed E-state index contributed by atoms with van der Waals surface area (Å²) in [6, 6.07) is 17.6. The van der Waals surface area contributed by atoms with Crippen molar-refractivity contribution < 1.29 is 9.53 Å². The zero-order valence-electron chi connectivity index (χ0n) is 21.4. The molecule has 0 aliphatic carbocycles. The standard InChI is InChI=1S/C31H32N4O2/c1-31-24-17-34-13-11-20-18-7-3-5-9-25(18)32-28(20)27(34)15-22(24)23(30(36)37-2)16-35(31)14-12-21-19-8-4-6-10-26(19)33-29(21)31/h3-10,16,22,24,27,32-33H,11-15,17H2,1-2H3/t22-,24-,27?,31-/m1/s1. The third-order valence-electron chi connectivity index (χ3n) is 10.0. The van der Waals surface area contributed by atoms with Gasteiger partial charge in [0.05, 0.1) is 24.3 Å². The van der Waals surface area contributed by atoms with Gasteiger partial charge in [-0.15, -0.1) is 0 Å². The van der Waals surface area contributed by atoms with Gasteiger partial charge in [0.1, 0.15) is 0 Å². The number of hydrogen-bond acceptors (Lipinski definition) is 4. The summed E-state index contributed by atoms with van der Waals surface area (Å²) in [5.74, 6) is 0.228. The Morgan fingerprint density at radius 2 is 1.68 bits per heavy atom. The van der Waals surface area contributed by atoms with Crippen molar-refractivity contribution >= 4 is 27.8 Å². The lowest BCUT2D eigenvalue weighted by Crippen LogP contribution is -2.62. The Hall–Kier alpha value is -3.51. The van der Waals surface area contributed by atoms with E-state index in [1.54, 1.807) is 0 Å². The minimum Gasteiger partial charge on any atom is -0.466 e. The summed E-state index contributed by atoms with van der Waals surface area (Å²) in [6.07, 6.45) is 5.10. The first-order valence-corrected chi connectivity index (χ1v) is 13.6. The molecular formula is C31H32N4O2. The molecule has 188 valence electrons. The molecular weight excluding hydrogens is 460 g/mol. The number of esters is 1. The number of fused-ring (bicyclic) bond motifs is 12. The lowest BCUT2D eigenvalue weighted by Gasteiger charge is -2.59. The highest BCUT2D eigenvalue weighted by atomic mass is 16.5. The lowest BCUT2D eigenvalue weighted by atomic mass is 9.62. The average molecular weight is 493 g/mol. The maximum absolute atomic E-state index is 13.2. The summed E-state index contributed by atoms with van der Waals surface area (Å²) in [4.78, 5) is 25.9. The number of benzene rings is 2.